The Morgan fingerprint density at radius 3 is 2.37 bits per heavy atom. The van der Waals surface area contributed by atoms with Gasteiger partial charge in [0.1, 0.15) is 5.75 Å². The van der Waals surface area contributed by atoms with E-state index < -0.39 is 18.2 Å². The van der Waals surface area contributed by atoms with Crippen molar-refractivity contribution in [2.75, 3.05) is 6.54 Å². The number of hydrogen-bond donors (Lipinski definition) is 1. The number of rotatable bonds is 6. The van der Waals surface area contributed by atoms with Gasteiger partial charge in [0.05, 0.1) is 0 Å². The Bertz CT molecular complexity index is 408. The SMILES string of the molecule is CCCN(Oc1ccccc1)C(C(=O)O)C(F)(F)F. The molecule has 0 saturated carbocycles. The van der Waals surface area contributed by atoms with Crippen molar-refractivity contribution < 1.29 is 27.9 Å². The van der Waals surface area contributed by atoms with E-state index in [1.54, 1.807) is 25.1 Å². The van der Waals surface area contributed by atoms with Crippen molar-refractivity contribution in [2.24, 2.45) is 0 Å². The van der Waals surface area contributed by atoms with Gasteiger partial charge in [-0.1, -0.05) is 25.1 Å². The molecular weight excluding hydrogens is 263 g/mol. The number of halogens is 3. The van der Waals surface area contributed by atoms with Crippen molar-refractivity contribution >= 4 is 5.97 Å². The smallest absolute Gasteiger partial charge is 0.417 e. The van der Waals surface area contributed by atoms with Crippen LogP contribution in [0.25, 0.3) is 0 Å². The molecule has 0 heterocycles. The number of carboxylic acid groups (broad SMARTS) is 1. The molecule has 1 N–H and O–H groups in total. The van der Waals surface area contributed by atoms with Crippen LogP contribution in [0.15, 0.2) is 30.3 Å². The van der Waals surface area contributed by atoms with Gasteiger partial charge in [-0.3, -0.25) is 4.79 Å². The predicted octanol–water partition coefficient (Wildman–Crippen LogP) is 2.71. The van der Waals surface area contributed by atoms with Crippen LogP contribution in [0.1, 0.15) is 13.3 Å². The van der Waals surface area contributed by atoms with E-state index in [2.05, 4.69) is 0 Å². The van der Waals surface area contributed by atoms with Crippen molar-refractivity contribution in [1.82, 2.24) is 5.06 Å². The molecule has 0 fully saturated rings. The molecule has 1 unspecified atom stereocenters. The van der Waals surface area contributed by atoms with E-state index in [1.165, 1.54) is 12.1 Å². The average Bonchev–Trinajstić information content (AvgIpc) is 2.28. The van der Waals surface area contributed by atoms with Gasteiger partial charge in [0.25, 0.3) is 0 Å². The Balaban J connectivity index is 2.94. The highest BCUT2D eigenvalue weighted by Crippen LogP contribution is 2.26. The molecule has 0 aliphatic heterocycles. The second-order valence-electron chi connectivity index (χ2n) is 3.83. The third-order valence-electron chi connectivity index (χ3n) is 2.24. The van der Waals surface area contributed by atoms with Crippen LogP contribution in [-0.4, -0.2) is 34.9 Å². The van der Waals surface area contributed by atoms with E-state index in [-0.39, 0.29) is 12.3 Å². The summed E-state index contributed by atoms with van der Waals surface area (Å²) < 4.78 is 38.2. The minimum Gasteiger partial charge on any atom is -0.480 e. The van der Waals surface area contributed by atoms with Crippen LogP contribution in [0.5, 0.6) is 5.75 Å². The lowest BCUT2D eigenvalue weighted by molar-refractivity contribution is -0.241. The van der Waals surface area contributed by atoms with E-state index in [0.717, 1.165) is 0 Å². The number of para-hydroxylation sites is 1. The largest absolute Gasteiger partial charge is 0.480 e. The molecule has 4 nitrogen and oxygen atoms in total. The van der Waals surface area contributed by atoms with Crippen LogP contribution < -0.4 is 4.84 Å². The molecule has 0 aliphatic carbocycles. The van der Waals surface area contributed by atoms with Gasteiger partial charge in [-0.15, -0.1) is 5.06 Å². The van der Waals surface area contributed by atoms with Crippen LogP contribution in [0, 0.1) is 0 Å². The zero-order valence-corrected chi connectivity index (χ0v) is 10.2. The highest BCUT2D eigenvalue weighted by atomic mass is 19.4. The summed E-state index contributed by atoms with van der Waals surface area (Å²) in [6.07, 6.45) is -4.58. The molecular formula is C12H14F3NO3. The number of nitrogens with zero attached hydrogens (tertiary/aromatic N) is 1. The van der Waals surface area contributed by atoms with Gasteiger partial charge >= 0.3 is 12.1 Å². The van der Waals surface area contributed by atoms with Crippen molar-refractivity contribution in [1.29, 1.82) is 0 Å². The molecule has 1 aromatic rings. The number of benzene rings is 1. The Morgan fingerprint density at radius 2 is 1.95 bits per heavy atom. The summed E-state index contributed by atoms with van der Waals surface area (Å²) in [5.41, 5.74) is 0. The minimum absolute atomic E-state index is 0.147. The number of alkyl halides is 3. The number of hydrogen-bond acceptors (Lipinski definition) is 3. The van der Waals surface area contributed by atoms with E-state index in [1.807, 2.05) is 0 Å². The van der Waals surface area contributed by atoms with Gasteiger partial charge < -0.3 is 9.94 Å². The maximum Gasteiger partial charge on any atom is 0.417 e. The summed E-state index contributed by atoms with van der Waals surface area (Å²) in [4.78, 5) is 15.8. The monoisotopic (exact) mass is 277 g/mol. The molecule has 0 radical (unpaired) electrons. The van der Waals surface area contributed by atoms with Gasteiger partial charge in [-0.05, 0) is 18.6 Å². The van der Waals surface area contributed by atoms with Gasteiger partial charge in [0.15, 0.2) is 0 Å². The molecule has 1 atom stereocenters. The Morgan fingerprint density at radius 1 is 1.37 bits per heavy atom. The summed E-state index contributed by atoms with van der Waals surface area (Å²) in [6, 6.07) is 5.07. The van der Waals surface area contributed by atoms with Gasteiger partial charge in [-0.25, -0.2) is 0 Å². The molecule has 1 aromatic carbocycles. The molecule has 0 amide bonds. The van der Waals surface area contributed by atoms with Crippen LogP contribution in [-0.2, 0) is 4.79 Å². The molecule has 0 spiro atoms. The lowest BCUT2D eigenvalue weighted by Crippen LogP contribution is -2.52. The summed E-state index contributed by atoms with van der Waals surface area (Å²) in [5, 5.41) is 9.18. The normalized spacial score (nSPS) is 13.3. The molecule has 19 heavy (non-hydrogen) atoms. The van der Waals surface area contributed by atoms with E-state index in [9.17, 15) is 18.0 Å². The van der Waals surface area contributed by atoms with Crippen molar-refractivity contribution in [3.05, 3.63) is 30.3 Å². The minimum atomic E-state index is -4.91. The molecule has 106 valence electrons. The van der Waals surface area contributed by atoms with E-state index in [0.29, 0.717) is 11.5 Å². The Hall–Kier alpha value is -1.76. The first-order valence-corrected chi connectivity index (χ1v) is 5.65. The number of hydroxylamine groups is 2. The second-order valence-corrected chi connectivity index (χ2v) is 3.83. The Kier molecular flexibility index (Phi) is 5.17. The van der Waals surface area contributed by atoms with Crippen LogP contribution in [0.3, 0.4) is 0 Å². The zero-order chi connectivity index (χ0) is 14.5. The number of aliphatic carboxylic acids is 1. The van der Waals surface area contributed by atoms with Gasteiger partial charge in [-0.2, -0.15) is 13.2 Å². The van der Waals surface area contributed by atoms with Gasteiger partial charge in [0, 0.05) is 6.54 Å². The first-order chi connectivity index (χ1) is 8.86. The van der Waals surface area contributed by atoms with Crippen molar-refractivity contribution in [3.8, 4) is 5.75 Å². The van der Waals surface area contributed by atoms with Crippen LogP contribution >= 0.6 is 0 Å². The van der Waals surface area contributed by atoms with Crippen molar-refractivity contribution in [3.63, 3.8) is 0 Å². The molecule has 0 aromatic heterocycles. The fraction of sp³-hybridized carbons (Fsp3) is 0.417. The maximum atomic E-state index is 12.7. The lowest BCUT2D eigenvalue weighted by atomic mass is 10.2. The zero-order valence-electron chi connectivity index (χ0n) is 10.2. The maximum absolute atomic E-state index is 12.7. The molecule has 7 heteroatoms. The van der Waals surface area contributed by atoms with E-state index >= 15 is 0 Å². The number of carboxylic acids is 1. The summed E-state index contributed by atoms with van der Waals surface area (Å²) in [7, 11) is 0. The summed E-state index contributed by atoms with van der Waals surface area (Å²) >= 11 is 0. The van der Waals surface area contributed by atoms with Gasteiger partial charge in [0.2, 0.25) is 6.04 Å². The quantitative estimate of drug-likeness (QED) is 0.812. The highest BCUT2D eigenvalue weighted by Gasteiger charge is 2.50. The Labute approximate surface area is 108 Å². The predicted molar refractivity (Wildman–Crippen MR) is 61.5 cm³/mol. The molecule has 0 saturated heterocycles. The first-order valence-electron chi connectivity index (χ1n) is 5.65. The standard InChI is InChI=1S/C12H14F3NO3/c1-2-8-16(10(11(17)18)12(13,14)15)19-9-6-4-3-5-7-9/h3-7,10H,2,8H2,1H3,(H,17,18). The van der Waals surface area contributed by atoms with Crippen LogP contribution in [0.2, 0.25) is 0 Å². The molecule has 1 rings (SSSR count). The summed E-state index contributed by atoms with van der Waals surface area (Å²) in [6.45, 7) is 1.49. The topological polar surface area (TPSA) is 49.8 Å². The highest BCUT2D eigenvalue weighted by molar-refractivity contribution is 5.74. The fourth-order valence-electron chi connectivity index (χ4n) is 1.49. The number of carbonyl (C=O) groups is 1. The first kappa shape index (κ1) is 15.3. The third kappa shape index (κ3) is 4.44. The molecule has 0 aliphatic rings. The third-order valence-corrected chi connectivity index (χ3v) is 2.24. The second kappa shape index (κ2) is 6.42. The lowest BCUT2D eigenvalue weighted by Gasteiger charge is -2.29. The summed E-state index contributed by atoms with van der Waals surface area (Å²) in [5.74, 6) is -1.83. The van der Waals surface area contributed by atoms with E-state index in [4.69, 9.17) is 9.94 Å². The average molecular weight is 277 g/mol. The fourth-order valence-corrected chi connectivity index (χ4v) is 1.49. The van der Waals surface area contributed by atoms with Crippen molar-refractivity contribution in [2.45, 2.75) is 25.6 Å². The van der Waals surface area contributed by atoms with Crippen LogP contribution in [0.4, 0.5) is 13.2 Å². The molecule has 0 bridgehead atoms.